The number of hydrogen-bond donors (Lipinski definition) is 2. The molecule has 2 unspecified atom stereocenters. The fraction of sp³-hybridized carbons (Fsp3) is 0.562. The number of benzene rings is 1. The highest BCUT2D eigenvalue weighted by Crippen LogP contribution is 2.29. The van der Waals surface area contributed by atoms with Gasteiger partial charge in [-0.2, -0.15) is 0 Å². The highest BCUT2D eigenvalue weighted by atomic mass is 19.1. The van der Waals surface area contributed by atoms with E-state index in [0.717, 1.165) is 18.6 Å². The van der Waals surface area contributed by atoms with Gasteiger partial charge in [-0.15, -0.1) is 0 Å². The standard InChI is InChI=1S/C11H13F2NO.C5H11NO2/c12-7-1-3-10(13)9(5-7)11-4-2-8(14)6-15-11;1-5(2,3)8-4(6)7/h1,3,5,8,11H,2,4,6,14H2;1-3H3,(H2,6,7). The van der Waals surface area contributed by atoms with E-state index in [1.165, 1.54) is 6.07 Å². The van der Waals surface area contributed by atoms with Gasteiger partial charge in [0.1, 0.15) is 17.2 Å². The second kappa shape index (κ2) is 8.21. The third kappa shape index (κ3) is 7.38. The van der Waals surface area contributed by atoms with Gasteiger partial charge in [0.25, 0.3) is 0 Å². The maximum absolute atomic E-state index is 13.4. The molecule has 1 aromatic rings. The Labute approximate surface area is 134 Å². The number of hydrogen-bond acceptors (Lipinski definition) is 4. The van der Waals surface area contributed by atoms with Crippen LogP contribution in [-0.4, -0.2) is 24.3 Å². The first kappa shape index (κ1) is 19.3. The third-order valence-electron chi connectivity index (χ3n) is 3.02. The lowest BCUT2D eigenvalue weighted by atomic mass is 9.99. The van der Waals surface area contributed by atoms with Gasteiger partial charge in [0.15, 0.2) is 0 Å². The van der Waals surface area contributed by atoms with Gasteiger partial charge in [0.05, 0.1) is 12.7 Å². The van der Waals surface area contributed by atoms with Crippen LogP contribution in [0.4, 0.5) is 13.6 Å². The molecule has 0 aliphatic carbocycles. The topological polar surface area (TPSA) is 87.6 Å². The van der Waals surface area contributed by atoms with Crippen LogP contribution in [0.15, 0.2) is 18.2 Å². The molecule has 1 aliphatic heterocycles. The molecule has 0 saturated carbocycles. The molecule has 5 nitrogen and oxygen atoms in total. The summed E-state index contributed by atoms with van der Waals surface area (Å²) in [7, 11) is 0. The minimum atomic E-state index is -0.725. The molecule has 1 amide bonds. The van der Waals surface area contributed by atoms with Crippen LogP contribution < -0.4 is 11.5 Å². The predicted molar refractivity (Wildman–Crippen MR) is 82.7 cm³/mol. The van der Waals surface area contributed by atoms with E-state index in [1.807, 2.05) is 0 Å². The number of nitrogens with two attached hydrogens (primary N) is 2. The van der Waals surface area contributed by atoms with Crippen molar-refractivity contribution < 1.29 is 23.0 Å². The van der Waals surface area contributed by atoms with Gasteiger partial charge >= 0.3 is 6.09 Å². The Morgan fingerprint density at radius 3 is 2.39 bits per heavy atom. The monoisotopic (exact) mass is 330 g/mol. The molecule has 1 saturated heterocycles. The van der Waals surface area contributed by atoms with Crippen LogP contribution in [0.3, 0.4) is 0 Å². The zero-order valence-corrected chi connectivity index (χ0v) is 13.6. The largest absolute Gasteiger partial charge is 0.444 e. The van der Waals surface area contributed by atoms with Gasteiger partial charge in [0, 0.05) is 11.6 Å². The van der Waals surface area contributed by atoms with Crippen LogP contribution in [0, 0.1) is 11.6 Å². The zero-order chi connectivity index (χ0) is 17.6. The Morgan fingerprint density at radius 2 is 1.96 bits per heavy atom. The quantitative estimate of drug-likeness (QED) is 0.828. The van der Waals surface area contributed by atoms with Gasteiger partial charge in [-0.1, -0.05) is 0 Å². The first-order chi connectivity index (χ1) is 10.6. The smallest absolute Gasteiger partial charge is 0.405 e. The molecule has 4 N–H and O–H groups in total. The zero-order valence-electron chi connectivity index (χ0n) is 13.6. The molecule has 1 aromatic carbocycles. The van der Waals surface area contributed by atoms with Gasteiger partial charge in [0.2, 0.25) is 0 Å². The third-order valence-corrected chi connectivity index (χ3v) is 3.02. The van der Waals surface area contributed by atoms with Gasteiger partial charge in [-0.3, -0.25) is 0 Å². The average Bonchev–Trinajstić information content (AvgIpc) is 2.40. The second-order valence-electron chi connectivity index (χ2n) is 6.36. The molecule has 1 heterocycles. The van der Waals surface area contributed by atoms with Crippen molar-refractivity contribution in [2.45, 2.75) is 51.4 Å². The number of primary amides is 1. The van der Waals surface area contributed by atoms with E-state index in [0.29, 0.717) is 18.6 Å². The summed E-state index contributed by atoms with van der Waals surface area (Å²) in [6, 6.07) is 3.44. The lowest BCUT2D eigenvalue weighted by molar-refractivity contribution is 0.00197. The first-order valence-corrected chi connectivity index (χ1v) is 7.39. The van der Waals surface area contributed by atoms with Crippen molar-refractivity contribution in [2.24, 2.45) is 11.5 Å². The molecule has 2 rings (SSSR count). The van der Waals surface area contributed by atoms with Crippen LogP contribution >= 0.6 is 0 Å². The van der Waals surface area contributed by atoms with Crippen LogP contribution in [0.5, 0.6) is 0 Å². The van der Waals surface area contributed by atoms with E-state index in [2.05, 4.69) is 4.74 Å². The minimum absolute atomic E-state index is 0.0119. The Balaban J connectivity index is 0.000000284. The van der Waals surface area contributed by atoms with Crippen LogP contribution in [0.2, 0.25) is 0 Å². The summed E-state index contributed by atoms with van der Waals surface area (Å²) in [6.07, 6.45) is 0.334. The Hall–Kier alpha value is -1.73. The normalized spacial score (nSPS) is 21.1. The van der Waals surface area contributed by atoms with Crippen LogP contribution in [0.25, 0.3) is 0 Å². The van der Waals surface area contributed by atoms with Crippen molar-refractivity contribution in [1.29, 1.82) is 0 Å². The van der Waals surface area contributed by atoms with E-state index in [4.69, 9.17) is 16.2 Å². The number of rotatable bonds is 1. The Bertz CT molecular complexity index is 525. The number of carbonyl (C=O) groups is 1. The maximum Gasteiger partial charge on any atom is 0.405 e. The van der Waals surface area contributed by atoms with Crippen LogP contribution in [0.1, 0.15) is 45.3 Å². The van der Waals surface area contributed by atoms with E-state index in [-0.39, 0.29) is 12.1 Å². The summed E-state index contributed by atoms with van der Waals surface area (Å²) in [6.45, 7) is 5.69. The van der Waals surface area contributed by atoms with E-state index < -0.39 is 23.3 Å². The summed E-state index contributed by atoms with van der Waals surface area (Å²) in [5.74, 6) is -0.859. The van der Waals surface area contributed by atoms with E-state index >= 15 is 0 Å². The molecule has 7 heteroatoms. The van der Waals surface area contributed by atoms with Crippen molar-refractivity contribution in [3.05, 3.63) is 35.4 Å². The number of halogens is 2. The highest BCUT2D eigenvalue weighted by Gasteiger charge is 2.23. The van der Waals surface area contributed by atoms with E-state index in [1.54, 1.807) is 20.8 Å². The van der Waals surface area contributed by atoms with Crippen molar-refractivity contribution >= 4 is 6.09 Å². The Morgan fingerprint density at radius 1 is 1.30 bits per heavy atom. The lowest BCUT2D eigenvalue weighted by Gasteiger charge is -2.27. The van der Waals surface area contributed by atoms with Gasteiger partial charge < -0.3 is 20.9 Å². The Kier molecular flexibility index (Phi) is 6.90. The molecular formula is C16H24F2N2O3. The molecular weight excluding hydrogens is 306 g/mol. The van der Waals surface area contributed by atoms with E-state index in [9.17, 15) is 13.6 Å². The number of ether oxygens (including phenoxy) is 2. The number of carbonyl (C=O) groups excluding carboxylic acids is 1. The molecule has 130 valence electrons. The fourth-order valence-corrected chi connectivity index (χ4v) is 2.08. The van der Waals surface area contributed by atoms with Crippen LogP contribution in [-0.2, 0) is 9.47 Å². The molecule has 1 aliphatic rings. The molecule has 23 heavy (non-hydrogen) atoms. The summed E-state index contributed by atoms with van der Waals surface area (Å²) in [4.78, 5) is 10.0. The minimum Gasteiger partial charge on any atom is -0.444 e. The van der Waals surface area contributed by atoms with Crippen molar-refractivity contribution in [2.75, 3.05) is 6.61 Å². The van der Waals surface area contributed by atoms with Crippen molar-refractivity contribution in [1.82, 2.24) is 0 Å². The molecule has 2 atom stereocenters. The summed E-state index contributed by atoms with van der Waals surface area (Å²) < 4.78 is 36.3. The first-order valence-electron chi connectivity index (χ1n) is 7.39. The van der Waals surface area contributed by atoms with Crippen molar-refractivity contribution in [3.8, 4) is 0 Å². The molecule has 0 aromatic heterocycles. The second-order valence-corrected chi connectivity index (χ2v) is 6.36. The summed E-state index contributed by atoms with van der Waals surface area (Å²) in [5, 5.41) is 0. The fourth-order valence-electron chi connectivity index (χ4n) is 2.08. The maximum atomic E-state index is 13.4. The summed E-state index contributed by atoms with van der Waals surface area (Å²) in [5.41, 5.74) is 10.2. The predicted octanol–water partition coefficient (Wildman–Crippen LogP) is 3.02. The highest BCUT2D eigenvalue weighted by molar-refractivity contribution is 5.65. The lowest BCUT2D eigenvalue weighted by Crippen LogP contribution is -2.32. The summed E-state index contributed by atoms with van der Waals surface area (Å²) >= 11 is 0. The van der Waals surface area contributed by atoms with Crippen molar-refractivity contribution in [3.63, 3.8) is 0 Å². The molecule has 0 radical (unpaired) electrons. The van der Waals surface area contributed by atoms with Gasteiger partial charge in [-0.25, -0.2) is 13.6 Å². The SMILES string of the molecule is CC(C)(C)OC(N)=O.NC1CCC(c2cc(F)ccc2F)OC1. The van der Waals surface area contributed by atoms with Gasteiger partial charge in [-0.05, 0) is 51.8 Å². The molecule has 0 bridgehead atoms. The molecule has 0 spiro atoms. The average molecular weight is 330 g/mol. The molecule has 1 fully saturated rings. The number of amides is 1.